The van der Waals surface area contributed by atoms with Crippen LogP contribution in [-0.2, 0) is 6.42 Å². The number of aromatic amines is 1. The summed E-state index contributed by atoms with van der Waals surface area (Å²) in [4.78, 5) is 23.7. The highest BCUT2D eigenvalue weighted by atomic mass is 16.1. The Morgan fingerprint density at radius 2 is 2.08 bits per heavy atom. The summed E-state index contributed by atoms with van der Waals surface area (Å²) in [5, 5.41) is 4.08. The van der Waals surface area contributed by atoms with Gasteiger partial charge in [0.2, 0.25) is 5.95 Å². The quantitative estimate of drug-likeness (QED) is 0.672. The maximum Gasteiger partial charge on any atom is 0.270 e. The van der Waals surface area contributed by atoms with Crippen LogP contribution in [0.3, 0.4) is 0 Å². The molecule has 3 rings (SSSR count). The molecule has 6 nitrogen and oxygen atoms in total. The average molecular weight is 323 g/mol. The van der Waals surface area contributed by atoms with E-state index in [1.54, 1.807) is 6.07 Å². The predicted molar refractivity (Wildman–Crippen MR) is 94.9 cm³/mol. The number of nitrogens with two attached hydrogens (primary N) is 1. The molecule has 0 aliphatic rings. The Bertz CT molecular complexity index is 869. The normalized spacial score (nSPS) is 11.1. The molecule has 0 aliphatic heterocycles. The van der Waals surface area contributed by atoms with Gasteiger partial charge in [-0.25, -0.2) is 9.97 Å². The zero-order valence-electron chi connectivity index (χ0n) is 13.8. The molecule has 0 bridgehead atoms. The van der Waals surface area contributed by atoms with Crippen molar-refractivity contribution in [3.8, 4) is 0 Å². The number of fused-ring (bicyclic) bond motifs is 1. The molecule has 0 radical (unpaired) electrons. The summed E-state index contributed by atoms with van der Waals surface area (Å²) in [6.45, 7) is 4.53. The molecule has 2 heterocycles. The maximum absolute atomic E-state index is 12.3. The third-order valence-electron chi connectivity index (χ3n) is 3.94. The molecule has 0 fully saturated rings. The molecule has 1 amide bonds. The van der Waals surface area contributed by atoms with E-state index in [9.17, 15) is 4.79 Å². The predicted octanol–water partition coefficient (Wildman–Crippen LogP) is 2.64. The van der Waals surface area contributed by atoms with Gasteiger partial charge in [-0.3, -0.25) is 4.79 Å². The number of amides is 1. The van der Waals surface area contributed by atoms with Crippen LogP contribution in [-0.4, -0.2) is 27.4 Å². The number of nitrogens with zero attached hydrogens (tertiary/aromatic N) is 2. The van der Waals surface area contributed by atoms with E-state index >= 15 is 0 Å². The van der Waals surface area contributed by atoms with Gasteiger partial charge in [0.15, 0.2) is 0 Å². The topological polar surface area (TPSA) is 96.7 Å². The van der Waals surface area contributed by atoms with Gasteiger partial charge in [0, 0.05) is 29.3 Å². The number of benzene rings is 1. The molecule has 0 atom stereocenters. The van der Waals surface area contributed by atoms with Crippen molar-refractivity contribution in [2.75, 3.05) is 12.3 Å². The maximum atomic E-state index is 12.3. The third-order valence-corrected chi connectivity index (χ3v) is 3.94. The summed E-state index contributed by atoms with van der Waals surface area (Å²) >= 11 is 0. The van der Waals surface area contributed by atoms with Gasteiger partial charge in [-0.2, -0.15) is 0 Å². The van der Waals surface area contributed by atoms with Gasteiger partial charge >= 0.3 is 0 Å². The minimum atomic E-state index is -0.231. The van der Waals surface area contributed by atoms with Crippen molar-refractivity contribution in [3.63, 3.8) is 0 Å². The molecule has 6 heteroatoms. The number of H-pyrrole nitrogens is 1. The van der Waals surface area contributed by atoms with Crippen molar-refractivity contribution in [2.24, 2.45) is 0 Å². The number of nitrogen functional groups attached to an aromatic ring is 1. The lowest BCUT2D eigenvalue weighted by molar-refractivity contribution is 0.0949. The fourth-order valence-corrected chi connectivity index (χ4v) is 2.64. The van der Waals surface area contributed by atoms with Crippen LogP contribution in [0.25, 0.3) is 10.9 Å². The molecular formula is C18H21N5O. The summed E-state index contributed by atoms with van der Waals surface area (Å²) in [6.07, 6.45) is 2.73. The van der Waals surface area contributed by atoms with Gasteiger partial charge in [0.1, 0.15) is 5.69 Å². The minimum Gasteiger partial charge on any atom is -0.368 e. The number of hydrogen-bond acceptors (Lipinski definition) is 4. The number of aromatic nitrogens is 3. The summed E-state index contributed by atoms with van der Waals surface area (Å²) in [5.74, 6) is 0.0851. The Morgan fingerprint density at radius 3 is 2.88 bits per heavy atom. The molecule has 0 saturated carbocycles. The largest absolute Gasteiger partial charge is 0.368 e. The molecule has 2 aromatic heterocycles. The van der Waals surface area contributed by atoms with Crippen molar-refractivity contribution in [3.05, 3.63) is 53.5 Å². The van der Waals surface area contributed by atoms with Gasteiger partial charge in [-0.15, -0.1) is 0 Å². The Labute approximate surface area is 140 Å². The van der Waals surface area contributed by atoms with E-state index in [1.165, 1.54) is 10.9 Å². The van der Waals surface area contributed by atoms with Crippen LogP contribution in [0.2, 0.25) is 0 Å². The van der Waals surface area contributed by atoms with Gasteiger partial charge in [0.05, 0.1) is 0 Å². The van der Waals surface area contributed by atoms with Gasteiger partial charge < -0.3 is 16.0 Å². The van der Waals surface area contributed by atoms with E-state index in [0.29, 0.717) is 12.2 Å². The van der Waals surface area contributed by atoms with E-state index in [4.69, 9.17) is 5.73 Å². The fraction of sp³-hybridized carbons (Fsp3) is 0.278. The van der Waals surface area contributed by atoms with Crippen LogP contribution in [0, 0.1) is 0 Å². The highest BCUT2D eigenvalue weighted by Gasteiger charge is 2.12. The number of para-hydroxylation sites is 1. The Morgan fingerprint density at radius 1 is 1.29 bits per heavy atom. The van der Waals surface area contributed by atoms with Gasteiger partial charge in [-0.05, 0) is 30.0 Å². The SMILES string of the molecule is CC(C)c1cc(C(=O)NCCc2c[nH]c3ccccc23)nc(N)n1. The molecule has 0 aliphatic carbocycles. The van der Waals surface area contributed by atoms with Crippen LogP contribution in [0.4, 0.5) is 5.95 Å². The molecule has 24 heavy (non-hydrogen) atoms. The number of anilines is 1. The Hall–Kier alpha value is -2.89. The first-order chi connectivity index (χ1) is 11.5. The van der Waals surface area contributed by atoms with E-state index in [0.717, 1.165) is 17.6 Å². The highest BCUT2D eigenvalue weighted by Crippen LogP contribution is 2.18. The molecule has 124 valence electrons. The Balaban J connectivity index is 1.65. The fourth-order valence-electron chi connectivity index (χ4n) is 2.64. The molecule has 0 spiro atoms. The van der Waals surface area contributed by atoms with Crippen molar-refractivity contribution in [1.29, 1.82) is 0 Å². The van der Waals surface area contributed by atoms with Gasteiger partial charge in [0.25, 0.3) is 5.91 Å². The summed E-state index contributed by atoms with van der Waals surface area (Å²) in [5.41, 5.74) is 9.05. The number of hydrogen-bond donors (Lipinski definition) is 3. The van der Waals surface area contributed by atoms with Crippen LogP contribution in [0.5, 0.6) is 0 Å². The lowest BCUT2D eigenvalue weighted by atomic mass is 10.1. The standard InChI is InChI=1S/C18H21N5O/c1-11(2)15-9-16(23-18(19)22-15)17(24)20-8-7-12-10-21-14-6-4-3-5-13(12)14/h3-6,9-11,21H,7-8H2,1-2H3,(H,20,24)(H2,19,22,23). The molecule has 1 aromatic carbocycles. The second-order valence-electron chi connectivity index (χ2n) is 6.06. The number of rotatable bonds is 5. The third kappa shape index (κ3) is 3.37. The average Bonchev–Trinajstić information content (AvgIpc) is 2.97. The van der Waals surface area contributed by atoms with Crippen LogP contribution in [0.1, 0.15) is 41.5 Å². The summed E-state index contributed by atoms with van der Waals surface area (Å²) < 4.78 is 0. The lowest BCUT2D eigenvalue weighted by Crippen LogP contribution is -2.27. The second kappa shape index (κ2) is 6.70. The number of nitrogens with one attached hydrogen (secondary N) is 2. The first-order valence-corrected chi connectivity index (χ1v) is 8.02. The smallest absolute Gasteiger partial charge is 0.270 e. The molecule has 4 N–H and O–H groups in total. The molecule has 0 saturated heterocycles. The van der Waals surface area contributed by atoms with E-state index in [2.05, 4.69) is 26.3 Å². The summed E-state index contributed by atoms with van der Waals surface area (Å²) in [6, 6.07) is 9.81. The van der Waals surface area contributed by atoms with Crippen molar-refractivity contribution < 1.29 is 4.79 Å². The van der Waals surface area contributed by atoms with E-state index in [1.807, 2.05) is 38.2 Å². The Kier molecular flexibility index (Phi) is 4.46. The minimum absolute atomic E-state index is 0.128. The van der Waals surface area contributed by atoms with E-state index in [-0.39, 0.29) is 17.8 Å². The molecule has 0 unspecified atom stereocenters. The second-order valence-corrected chi connectivity index (χ2v) is 6.06. The van der Waals surface area contributed by atoms with Crippen molar-refractivity contribution >= 4 is 22.8 Å². The van der Waals surface area contributed by atoms with Crippen molar-refractivity contribution in [2.45, 2.75) is 26.2 Å². The monoisotopic (exact) mass is 323 g/mol. The van der Waals surface area contributed by atoms with Crippen LogP contribution >= 0.6 is 0 Å². The molecule has 3 aromatic rings. The molecular weight excluding hydrogens is 302 g/mol. The lowest BCUT2D eigenvalue weighted by Gasteiger charge is -2.09. The summed E-state index contributed by atoms with van der Waals surface area (Å²) in [7, 11) is 0. The number of carbonyl (C=O) groups is 1. The van der Waals surface area contributed by atoms with E-state index < -0.39 is 0 Å². The van der Waals surface area contributed by atoms with Crippen molar-refractivity contribution in [1.82, 2.24) is 20.3 Å². The van der Waals surface area contributed by atoms with Crippen LogP contribution < -0.4 is 11.1 Å². The van der Waals surface area contributed by atoms with Gasteiger partial charge in [-0.1, -0.05) is 32.0 Å². The number of carbonyl (C=O) groups excluding carboxylic acids is 1. The zero-order chi connectivity index (χ0) is 17.1. The highest BCUT2D eigenvalue weighted by molar-refractivity contribution is 5.92. The first-order valence-electron chi connectivity index (χ1n) is 8.02. The zero-order valence-corrected chi connectivity index (χ0v) is 13.8. The first kappa shape index (κ1) is 16.0. The van der Waals surface area contributed by atoms with Crippen LogP contribution in [0.15, 0.2) is 36.5 Å².